The van der Waals surface area contributed by atoms with E-state index in [1.165, 1.54) is 6.20 Å². The lowest BCUT2D eigenvalue weighted by Gasteiger charge is -2.38. The SMILES string of the molecule is [B]C([B])(OP1OCc2c(F)c(C(C)(C)C)cc(C(C)(C)C)c2O1)C1CCC(n2cc(C#C)c(=O)[nH]c2=S)O1. The largest absolute Gasteiger partial charge is 0.426 e. The Kier molecular flexibility index (Phi) is 7.81. The lowest BCUT2D eigenvalue weighted by atomic mass is 9.61. The second kappa shape index (κ2) is 10.2. The first-order chi connectivity index (χ1) is 17.5. The van der Waals surface area contributed by atoms with Gasteiger partial charge in [0.25, 0.3) is 5.56 Å². The summed E-state index contributed by atoms with van der Waals surface area (Å²) in [6.45, 7) is 11.9. The summed E-state index contributed by atoms with van der Waals surface area (Å²) in [4.78, 5) is 14.5. The van der Waals surface area contributed by atoms with Crippen molar-refractivity contribution in [3.8, 4) is 18.1 Å². The number of nitrogens with one attached hydrogen (secondary N) is 1. The molecule has 0 spiro atoms. The Labute approximate surface area is 231 Å². The number of rotatable bonds is 4. The van der Waals surface area contributed by atoms with E-state index in [0.29, 0.717) is 29.7 Å². The lowest BCUT2D eigenvalue weighted by molar-refractivity contribution is -0.0463. The molecule has 4 rings (SSSR count). The van der Waals surface area contributed by atoms with Crippen molar-refractivity contribution < 1.29 is 22.7 Å². The molecule has 3 atom stereocenters. The molecule has 0 amide bonds. The lowest BCUT2D eigenvalue weighted by Crippen LogP contribution is -2.45. The molecule has 0 saturated carbocycles. The number of halogens is 1. The van der Waals surface area contributed by atoms with Gasteiger partial charge >= 0.3 is 8.60 Å². The number of ether oxygens (including phenoxy) is 1. The van der Waals surface area contributed by atoms with Gasteiger partial charge < -0.3 is 13.8 Å². The molecule has 2 aliphatic heterocycles. The molecule has 198 valence electrons. The molecule has 1 aromatic carbocycles. The summed E-state index contributed by atoms with van der Waals surface area (Å²) in [5, 5.41) is -1.79. The zero-order chi connectivity index (χ0) is 28.2. The highest BCUT2D eigenvalue weighted by Crippen LogP contribution is 2.54. The Morgan fingerprint density at radius 2 is 1.87 bits per heavy atom. The van der Waals surface area contributed by atoms with Crippen molar-refractivity contribution in [2.45, 2.75) is 89.6 Å². The van der Waals surface area contributed by atoms with E-state index < -0.39 is 37.3 Å². The Hall–Kier alpha value is -1.95. The van der Waals surface area contributed by atoms with Gasteiger partial charge in [-0.2, -0.15) is 0 Å². The number of aromatic nitrogens is 2. The number of aromatic amines is 1. The van der Waals surface area contributed by atoms with Crippen LogP contribution in [0.2, 0.25) is 0 Å². The molecule has 3 unspecified atom stereocenters. The summed E-state index contributed by atoms with van der Waals surface area (Å²) in [7, 11) is 10.6. The normalized spacial score (nSPS) is 22.0. The van der Waals surface area contributed by atoms with Crippen LogP contribution in [0.25, 0.3) is 0 Å². The Morgan fingerprint density at radius 1 is 1.21 bits per heavy atom. The van der Waals surface area contributed by atoms with Crippen LogP contribution in [0.1, 0.15) is 82.9 Å². The molecule has 3 heterocycles. The van der Waals surface area contributed by atoms with Gasteiger partial charge in [0, 0.05) is 17.2 Å². The topological polar surface area (TPSA) is 74.7 Å². The first kappa shape index (κ1) is 29.0. The molecule has 0 aliphatic carbocycles. The van der Waals surface area contributed by atoms with E-state index in [0.717, 1.165) is 5.56 Å². The summed E-state index contributed by atoms with van der Waals surface area (Å²) in [5.41, 5.74) is 0.697. The number of hydrogen-bond acceptors (Lipinski definition) is 6. The van der Waals surface area contributed by atoms with Crippen LogP contribution >= 0.6 is 20.8 Å². The van der Waals surface area contributed by atoms with E-state index in [4.69, 9.17) is 52.6 Å². The maximum atomic E-state index is 15.5. The molecule has 12 heteroatoms. The summed E-state index contributed by atoms with van der Waals surface area (Å²) < 4.78 is 41.1. The summed E-state index contributed by atoms with van der Waals surface area (Å²) in [5.74, 6) is 2.36. The van der Waals surface area contributed by atoms with E-state index in [1.54, 1.807) is 4.57 Å². The van der Waals surface area contributed by atoms with Crippen molar-refractivity contribution in [2.24, 2.45) is 0 Å². The molecular weight excluding hydrogens is 524 g/mol. The smallest absolute Gasteiger partial charge is 0.396 e. The van der Waals surface area contributed by atoms with Gasteiger partial charge in [0.05, 0.1) is 18.3 Å². The van der Waals surface area contributed by atoms with E-state index in [1.807, 2.05) is 47.6 Å². The monoisotopic (exact) mass is 554 g/mol. The van der Waals surface area contributed by atoms with Crippen LogP contribution in [0.3, 0.4) is 0 Å². The van der Waals surface area contributed by atoms with Crippen LogP contribution < -0.4 is 10.1 Å². The third-order valence-corrected chi connectivity index (χ3v) is 8.02. The Bertz CT molecular complexity index is 1410. The van der Waals surface area contributed by atoms with Gasteiger partial charge in [-0.25, -0.2) is 4.39 Å². The fraction of sp³-hybridized carbons (Fsp3) is 0.538. The summed E-state index contributed by atoms with van der Waals surface area (Å²) >= 11 is 5.27. The Morgan fingerprint density at radius 3 is 2.47 bits per heavy atom. The molecule has 2 aromatic rings. The first-order valence-corrected chi connectivity index (χ1v) is 13.7. The minimum Gasteiger partial charge on any atom is -0.426 e. The molecule has 1 saturated heterocycles. The van der Waals surface area contributed by atoms with Gasteiger partial charge in [-0.1, -0.05) is 47.5 Å². The van der Waals surface area contributed by atoms with Crippen molar-refractivity contribution in [3.05, 3.63) is 55.5 Å². The fourth-order valence-electron chi connectivity index (χ4n) is 4.44. The van der Waals surface area contributed by atoms with E-state index in [2.05, 4.69) is 10.9 Å². The van der Waals surface area contributed by atoms with Crippen molar-refractivity contribution in [1.29, 1.82) is 0 Å². The van der Waals surface area contributed by atoms with E-state index in [9.17, 15) is 4.79 Å². The maximum Gasteiger partial charge on any atom is 0.396 e. The minimum absolute atomic E-state index is 0.0501. The molecule has 2 aliphatic rings. The third kappa shape index (κ3) is 5.66. The molecule has 4 radical (unpaired) electrons. The van der Waals surface area contributed by atoms with E-state index in [-0.39, 0.29) is 28.2 Å². The van der Waals surface area contributed by atoms with E-state index >= 15 is 4.39 Å². The minimum atomic E-state index is -2.06. The average Bonchev–Trinajstić information content (AvgIpc) is 3.28. The molecule has 7 nitrogen and oxygen atoms in total. The zero-order valence-electron chi connectivity index (χ0n) is 22.4. The van der Waals surface area contributed by atoms with Crippen LogP contribution in [-0.2, 0) is 31.2 Å². The van der Waals surface area contributed by atoms with Gasteiger partial charge in [0.1, 0.15) is 39.1 Å². The summed E-state index contributed by atoms with van der Waals surface area (Å²) in [6, 6.07) is 1.86. The quantitative estimate of drug-likeness (QED) is 0.244. The Balaban J connectivity index is 1.55. The predicted octanol–water partition coefficient (Wildman–Crippen LogP) is 5.14. The standard InChI is InChI=1S/C26H30B2FN2O5PS/c1-8-14-12-31(23(38)30-22(14)32)19-10-9-18(34-19)26(27,28)36-37-33-13-15-20(29)16(24(2,3)4)11-17(21(15)35-37)25(5,6)7/h1,11-12,18-19H,9-10,13H2,2-7H3,(H,30,32,38). The molecule has 0 bridgehead atoms. The predicted molar refractivity (Wildman–Crippen MR) is 148 cm³/mol. The highest BCUT2D eigenvalue weighted by atomic mass is 32.1. The van der Waals surface area contributed by atoms with Crippen LogP contribution in [0.15, 0.2) is 17.1 Å². The first-order valence-electron chi connectivity index (χ1n) is 12.2. The number of fused-ring (bicyclic) bond motifs is 1. The second-order valence-corrected chi connectivity index (χ2v) is 13.1. The molecule has 1 N–H and O–H groups in total. The van der Waals surface area contributed by atoms with Crippen molar-refractivity contribution in [1.82, 2.24) is 9.55 Å². The molecule has 38 heavy (non-hydrogen) atoms. The van der Waals surface area contributed by atoms with Crippen LogP contribution in [0, 0.1) is 22.9 Å². The van der Waals surface area contributed by atoms with Gasteiger partial charge in [-0.3, -0.25) is 18.9 Å². The number of hydrogen-bond donors (Lipinski definition) is 1. The van der Waals surface area contributed by atoms with Crippen molar-refractivity contribution in [2.75, 3.05) is 0 Å². The van der Waals surface area contributed by atoms with Crippen LogP contribution in [0.4, 0.5) is 4.39 Å². The number of terminal acetylenes is 1. The van der Waals surface area contributed by atoms with Crippen molar-refractivity contribution in [3.63, 3.8) is 0 Å². The highest BCUT2D eigenvalue weighted by Gasteiger charge is 2.43. The van der Waals surface area contributed by atoms with Gasteiger partial charge in [0.2, 0.25) is 0 Å². The van der Waals surface area contributed by atoms with Gasteiger partial charge in [-0.15, -0.1) is 6.42 Å². The number of nitrogens with zero attached hydrogens (tertiary/aromatic N) is 1. The third-order valence-electron chi connectivity index (χ3n) is 6.57. The van der Waals surface area contributed by atoms with Gasteiger partial charge in [0.15, 0.2) is 4.77 Å². The summed E-state index contributed by atoms with van der Waals surface area (Å²) in [6.07, 6.45) is 6.48. The average molecular weight is 554 g/mol. The van der Waals surface area contributed by atoms with Gasteiger partial charge in [-0.05, 0) is 47.5 Å². The second-order valence-electron chi connectivity index (χ2n) is 11.6. The number of benzene rings is 1. The van der Waals surface area contributed by atoms with Crippen LogP contribution in [-0.4, -0.2) is 36.7 Å². The molecular formula is C26H30B2FN2O5PS. The fourth-order valence-corrected chi connectivity index (χ4v) is 5.82. The number of H-pyrrole nitrogens is 1. The highest BCUT2D eigenvalue weighted by molar-refractivity contribution is 7.71. The maximum absolute atomic E-state index is 15.5. The molecule has 1 fully saturated rings. The zero-order valence-corrected chi connectivity index (χ0v) is 24.1. The van der Waals surface area contributed by atoms with Crippen molar-refractivity contribution >= 4 is 36.5 Å². The van der Waals surface area contributed by atoms with Crippen LogP contribution in [0.5, 0.6) is 5.75 Å². The molecule has 1 aromatic heterocycles.